The fourth-order valence-electron chi connectivity index (χ4n) is 2.12. The van der Waals surface area contributed by atoms with Crippen LogP contribution >= 0.6 is 11.3 Å². The molecular weight excluding hydrogens is 284 g/mol. The van der Waals surface area contributed by atoms with Crippen LogP contribution in [0.5, 0.6) is 0 Å². The number of morpholine rings is 1. The van der Waals surface area contributed by atoms with Crippen molar-refractivity contribution < 1.29 is 13.2 Å². The highest BCUT2D eigenvalue weighted by Crippen LogP contribution is 2.30. The zero-order valence-electron chi connectivity index (χ0n) is 11.5. The minimum atomic E-state index is -3.43. The summed E-state index contributed by atoms with van der Waals surface area (Å²) >= 11 is 1.26. The van der Waals surface area contributed by atoms with Gasteiger partial charge in [0, 0.05) is 24.5 Å². The third kappa shape index (κ3) is 3.00. The van der Waals surface area contributed by atoms with Crippen molar-refractivity contribution in [3.63, 3.8) is 0 Å². The van der Waals surface area contributed by atoms with E-state index < -0.39 is 15.6 Å². The molecule has 19 heavy (non-hydrogen) atoms. The quantitative estimate of drug-likeness (QED) is 0.914. The van der Waals surface area contributed by atoms with E-state index in [1.165, 1.54) is 15.6 Å². The number of aryl methyl sites for hydroxylation is 1. The van der Waals surface area contributed by atoms with E-state index in [9.17, 15) is 8.42 Å². The molecule has 1 aliphatic heterocycles. The Labute approximate surface area is 118 Å². The van der Waals surface area contributed by atoms with Crippen molar-refractivity contribution in [1.82, 2.24) is 4.31 Å². The van der Waals surface area contributed by atoms with Crippen LogP contribution in [0, 0.1) is 6.92 Å². The van der Waals surface area contributed by atoms with E-state index >= 15 is 0 Å². The van der Waals surface area contributed by atoms with Gasteiger partial charge >= 0.3 is 0 Å². The van der Waals surface area contributed by atoms with Gasteiger partial charge in [0.15, 0.2) is 0 Å². The van der Waals surface area contributed by atoms with Crippen molar-refractivity contribution in [3.05, 3.63) is 16.5 Å². The molecule has 0 saturated carbocycles. The molecule has 0 radical (unpaired) electrons. The van der Waals surface area contributed by atoms with Gasteiger partial charge in [-0.15, -0.1) is 11.3 Å². The molecule has 108 valence electrons. The van der Waals surface area contributed by atoms with Crippen molar-refractivity contribution in [1.29, 1.82) is 0 Å². The first-order valence-electron chi connectivity index (χ1n) is 6.20. The van der Waals surface area contributed by atoms with Crippen molar-refractivity contribution in [2.75, 3.05) is 19.7 Å². The summed E-state index contributed by atoms with van der Waals surface area (Å²) in [7, 11) is -3.43. The van der Waals surface area contributed by atoms with E-state index in [0.29, 0.717) is 30.5 Å². The number of nitrogens with zero attached hydrogens (tertiary/aromatic N) is 1. The maximum atomic E-state index is 12.6. The van der Waals surface area contributed by atoms with Crippen LogP contribution in [0.1, 0.15) is 24.3 Å². The Morgan fingerprint density at radius 2 is 2.21 bits per heavy atom. The average molecular weight is 304 g/mol. The Morgan fingerprint density at radius 3 is 2.74 bits per heavy atom. The molecule has 0 bridgehead atoms. The molecule has 1 fully saturated rings. The van der Waals surface area contributed by atoms with Gasteiger partial charge in [-0.05, 0) is 32.4 Å². The highest BCUT2D eigenvalue weighted by molar-refractivity contribution is 7.91. The van der Waals surface area contributed by atoms with Gasteiger partial charge in [0.2, 0.25) is 0 Å². The summed E-state index contributed by atoms with van der Waals surface area (Å²) in [6, 6.07) is 1.71. The summed E-state index contributed by atoms with van der Waals surface area (Å²) < 4.78 is 32.6. The van der Waals surface area contributed by atoms with Gasteiger partial charge in [0.05, 0.1) is 12.2 Å². The zero-order valence-corrected chi connectivity index (χ0v) is 13.1. The Bertz CT molecular complexity index is 564. The molecular formula is C12H20N2O3S2. The van der Waals surface area contributed by atoms with Crippen LogP contribution < -0.4 is 5.73 Å². The topological polar surface area (TPSA) is 72.6 Å². The molecule has 0 amide bonds. The molecule has 1 aromatic heterocycles. The van der Waals surface area contributed by atoms with Crippen LogP contribution in [0.4, 0.5) is 0 Å². The Balaban J connectivity index is 2.31. The largest absolute Gasteiger partial charge is 0.373 e. The highest BCUT2D eigenvalue weighted by Gasteiger charge is 2.35. The van der Waals surface area contributed by atoms with Crippen molar-refractivity contribution in [2.45, 2.75) is 37.1 Å². The van der Waals surface area contributed by atoms with Crippen molar-refractivity contribution >= 4 is 21.4 Å². The van der Waals surface area contributed by atoms with Crippen LogP contribution in [-0.4, -0.2) is 38.0 Å². The maximum absolute atomic E-state index is 12.6. The lowest BCUT2D eigenvalue weighted by atomic mass is 10.1. The van der Waals surface area contributed by atoms with Gasteiger partial charge in [-0.3, -0.25) is 0 Å². The number of nitrogens with two attached hydrogens (primary N) is 1. The first-order valence-corrected chi connectivity index (χ1v) is 8.45. The smallest absolute Gasteiger partial charge is 0.252 e. The van der Waals surface area contributed by atoms with E-state index in [1.54, 1.807) is 6.07 Å². The SMILES string of the molecule is Cc1cc(S(=O)(=O)N2CCOC(C)(C)C2)sc1CN. The molecule has 0 atom stereocenters. The number of hydrogen-bond donors (Lipinski definition) is 1. The lowest BCUT2D eigenvalue weighted by Gasteiger charge is -2.37. The minimum absolute atomic E-state index is 0.376. The highest BCUT2D eigenvalue weighted by atomic mass is 32.2. The van der Waals surface area contributed by atoms with Crippen LogP contribution in [-0.2, 0) is 21.3 Å². The summed E-state index contributed by atoms with van der Waals surface area (Å²) in [4.78, 5) is 0.922. The second kappa shape index (κ2) is 5.14. The lowest BCUT2D eigenvalue weighted by Crippen LogP contribution is -2.50. The zero-order chi connectivity index (χ0) is 14.3. The minimum Gasteiger partial charge on any atom is -0.373 e. The van der Waals surface area contributed by atoms with E-state index in [4.69, 9.17) is 10.5 Å². The molecule has 1 saturated heterocycles. The average Bonchev–Trinajstić information content (AvgIpc) is 2.70. The summed E-state index contributed by atoms with van der Waals surface area (Å²) in [5.41, 5.74) is 6.12. The second-order valence-corrected chi connectivity index (χ2v) is 8.62. The number of rotatable bonds is 3. The number of ether oxygens (including phenoxy) is 1. The molecule has 1 aromatic rings. The summed E-state index contributed by atoms with van der Waals surface area (Å²) in [5.74, 6) is 0. The van der Waals surface area contributed by atoms with Crippen LogP contribution in [0.15, 0.2) is 10.3 Å². The van der Waals surface area contributed by atoms with Gasteiger partial charge in [0.25, 0.3) is 10.0 Å². The molecule has 0 spiro atoms. The van der Waals surface area contributed by atoms with Crippen molar-refractivity contribution in [3.8, 4) is 0 Å². The lowest BCUT2D eigenvalue weighted by molar-refractivity contribution is -0.0639. The van der Waals surface area contributed by atoms with E-state index in [2.05, 4.69) is 0 Å². The van der Waals surface area contributed by atoms with Gasteiger partial charge in [0.1, 0.15) is 4.21 Å². The molecule has 1 aliphatic rings. The van der Waals surface area contributed by atoms with E-state index in [-0.39, 0.29) is 0 Å². The summed E-state index contributed by atoms with van der Waals surface area (Å²) in [6.45, 7) is 7.28. The van der Waals surface area contributed by atoms with Crippen LogP contribution in [0.3, 0.4) is 0 Å². The second-order valence-electron chi connectivity index (χ2n) is 5.32. The summed E-state index contributed by atoms with van der Waals surface area (Å²) in [6.07, 6.45) is 0. The maximum Gasteiger partial charge on any atom is 0.252 e. The molecule has 2 N–H and O–H groups in total. The Kier molecular flexibility index (Phi) is 4.04. The molecule has 0 unspecified atom stereocenters. The Morgan fingerprint density at radius 1 is 1.53 bits per heavy atom. The Hall–Kier alpha value is -0.470. The standard InChI is InChI=1S/C12H20N2O3S2/c1-9-6-11(18-10(9)7-13)19(15,16)14-4-5-17-12(2,3)8-14/h6H,4-5,7-8,13H2,1-3H3. The van der Waals surface area contributed by atoms with Gasteiger partial charge < -0.3 is 10.5 Å². The van der Waals surface area contributed by atoms with Crippen LogP contribution in [0.25, 0.3) is 0 Å². The number of sulfonamides is 1. The first-order chi connectivity index (χ1) is 8.76. The number of hydrogen-bond acceptors (Lipinski definition) is 5. The molecule has 0 aromatic carbocycles. The van der Waals surface area contributed by atoms with Gasteiger partial charge in [-0.2, -0.15) is 4.31 Å². The van der Waals surface area contributed by atoms with Gasteiger partial charge in [-0.25, -0.2) is 8.42 Å². The third-order valence-corrected chi connectivity index (χ3v) is 6.72. The fraction of sp³-hybridized carbons (Fsp3) is 0.667. The predicted molar refractivity (Wildman–Crippen MR) is 75.7 cm³/mol. The molecule has 0 aliphatic carbocycles. The van der Waals surface area contributed by atoms with Gasteiger partial charge in [-0.1, -0.05) is 0 Å². The van der Waals surface area contributed by atoms with E-state index in [1.807, 2.05) is 20.8 Å². The number of thiophene rings is 1. The first kappa shape index (κ1) is 14.9. The monoisotopic (exact) mass is 304 g/mol. The van der Waals surface area contributed by atoms with Crippen molar-refractivity contribution in [2.24, 2.45) is 5.73 Å². The fourth-order valence-corrected chi connectivity index (χ4v) is 5.32. The molecule has 5 nitrogen and oxygen atoms in total. The summed E-state index contributed by atoms with van der Waals surface area (Å²) in [5, 5.41) is 0. The van der Waals surface area contributed by atoms with E-state index in [0.717, 1.165) is 10.4 Å². The third-order valence-electron chi connectivity index (χ3n) is 3.17. The molecule has 2 heterocycles. The molecule has 2 rings (SSSR count). The normalized spacial score (nSPS) is 20.6. The molecule has 7 heteroatoms. The van der Waals surface area contributed by atoms with Crippen LogP contribution in [0.2, 0.25) is 0 Å². The predicted octanol–water partition coefficient (Wildman–Crippen LogP) is 1.31.